The highest BCUT2D eigenvalue weighted by atomic mass is 16.6. The molecule has 0 aliphatic carbocycles. The van der Waals surface area contributed by atoms with Gasteiger partial charge in [-0.25, -0.2) is 4.79 Å². The molecular weight excluding hydrogens is 1080 g/mol. The monoisotopic (exact) mass is 1190 g/mol. The summed E-state index contributed by atoms with van der Waals surface area (Å²) in [6, 6.07) is 0. The first kappa shape index (κ1) is 76.0. The zero-order valence-corrected chi connectivity index (χ0v) is 50.5. The first-order valence-electron chi connectivity index (χ1n) is 31.0. The Labute approximate surface area is 493 Å². The fraction of sp³-hybridized carbons (Fsp3) is 0.847. The quantitative estimate of drug-likeness (QED) is 0.0219. The molecular formula is C59H106N6O18. The summed E-state index contributed by atoms with van der Waals surface area (Å²) in [5.74, 6) is -8.91. The fourth-order valence-corrected chi connectivity index (χ4v) is 9.90. The first-order chi connectivity index (χ1) is 39.9. The second kappa shape index (κ2) is 50.3. The van der Waals surface area contributed by atoms with Gasteiger partial charge in [-0.3, -0.25) is 62.9 Å². The van der Waals surface area contributed by atoms with Crippen LogP contribution in [0.3, 0.4) is 0 Å². The third kappa shape index (κ3) is 45.1. The number of carboxylic acids is 5. The zero-order valence-electron chi connectivity index (χ0n) is 50.5. The number of amides is 1. The smallest absolute Gasteiger partial charge is 0.332 e. The number of rotatable bonds is 51. The Morgan fingerprint density at radius 1 is 0.458 bits per heavy atom. The van der Waals surface area contributed by atoms with Crippen molar-refractivity contribution in [2.75, 3.05) is 118 Å². The van der Waals surface area contributed by atoms with Crippen LogP contribution in [0.25, 0.3) is 0 Å². The number of nitrogens with one attached hydrogen (secondary N) is 1. The Balaban J connectivity index is 2.91. The number of hydrogen-bond donors (Lipinski definition) is 6. The van der Waals surface area contributed by atoms with Crippen molar-refractivity contribution in [1.29, 1.82) is 0 Å². The summed E-state index contributed by atoms with van der Waals surface area (Å²) in [5.41, 5.74) is 0. The third-order valence-electron chi connectivity index (χ3n) is 14.4. The van der Waals surface area contributed by atoms with E-state index in [0.717, 1.165) is 43.4 Å². The Morgan fingerprint density at radius 2 is 0.831 bits per heavy atom. The van der Waals surface area contributed by atoms with Crippen LogP contribution in [0.1, 0.15) is 194 Å². The van der Waals surface area contributed by atoms with Crippen LogP contribution in [0, 0.1) is 0 Å². The second-order valence-corrected chi connectivity index (χ2v) is 22.0. The predicted octanol–water partition coefficient (Wildman–Crippen LogP) is 6.35. The molecule has 0 aromatic heterocycles. The van der Waals surface area contributed by atoms with Crippen molar-refractivity contribution >= 4 is 53.7 Å². The Kier molecular flexibility index (Phi) is 46.1. The highest BCUT2D eigenvalue weighted by Crippen LogP contribution is 2.17. The first-order valence-corrected chi connectivity index (χ1v) is 31.0. The van der Waals surface area contributed by atoms with E-state index in [0.29, 0.717) is 12.8 Å². The summed E-state index contributed by atoms with van der Waals surface area (Å²) >= 11 is 0. The fourth-order valence-electron chi connectivity index (χ4n) is 9.90. The average Bonchev–Trinajstić information content (AvgIpc) is 3.42. The normalized spacial score (nSPS) is 15.4. The van der Waals surface area contributed by atoms with Gasteiger partial charge in [-0.2, -0.15) is 0 Å². The Morgan fingerprint density at radius 3 is 1.25 bits per heavy atom. The van der Waals surface area contributed by atoms with E-state index in [4.69, 9.17) is 18.9 Å². The molecule has 24 heteroatoms. The van der Waals surface area contributed by atoms with Crippen LogP contribution >= 0.6 is 0 Å². The molecule has 2 atom stereocenters. The van der Waals surface area contributed by atoms with E-state index in [1.54, 1.807) is 0 Å². The van der Waals surface area contributed by atoms with E-state index in [9.17, 15) is 68.7 Å². The lowest BCUT2D eigenvalue weighted by atomic mass is 10.0. The second-order valence-electron chi connectivity index (χ2n) is 22.0. The Hall–Kier alpha value is -5.01. The van der Waals surface area contributed by atoms with Crippen LogP contribution in [0.15, 0.2) is 0 Å². The van der Waals surface area contributed by atoms with Gasteiger partial charge in [0.1, 0.15) is 19.8 Å². The van der Waals surface area contributed by atoms with Crippen LogP contribution < -0.4 is 5.32 Å². The van der Waals surface area contributed by atoms with E-state index < -0.39 is 118 Å². The van der Waals surface area contributed by atoms with Crippen LogP contribution in [0.5, 0.6) is 0 Å². The molecule has 0 aromatic carbocycles. The number of ether oxygens (including phenoxy) is 4. The molecule has 6 N–H and O–H groups in total. The summed E-state index contributed by atoms with van der Waals surface area (Å²) in [5, 5.41) is 51.3. The van der Waals surface area contributed by atoms with Crippen LogP contribution in [-0.2, 0) is 62.1 Å². The lowest BCUT2D eigenvalue weighted by Crippen LogP contribution is -2.60. The minimum atomic E-state index is -1.42. The van der Waals surface area contributed by atoms with Crippen molar-refractivity contribution in [3.05, 3.63) is 0 Å². The van der Waals surface area contributed by atoms with E-state index in [1.165, 1.54) is 135 Å². The molecule has 0 radical (unpaired) electrons. The molecule has 24 nitrogen and oxygen atoms in total. The van der Waals surface area contributed by atoms with E-state index >= 15 is 0 Å². The van der Waals surface area contributed by atoms with Crippen molar-refractivity contribution in [2.45, 2.75) is 206 Å². The third-order valence-corrected chi connectivity index (χ3v) is 14.4. The largest absolute Gasteiger partial charge is 0.480 e. The van der Waals surface area contributed by atoms with Gasteiger partial charge in [0.2, 0.25) is 5.91 Å². The van der Waals surface area contributed by atoms with Crippen LogP contribution in [-0.4, -0.2) is 234 Å². The van der Waals surface area contributed by atoms with E-state index in [2.05, 4.69) is 19.2 Å². The SMILES string of the molecule is CCCCCCCCCCCCCCCC(=O)OCC(COC(=O)COCCNC(=O)CN1CCN(CC(=O)O)CCN(CC(=O)O)CCN(CC(=O)O)CC1N(CC(=O)O)CC(=O)O)OC(=O)CCCCCCCCCCCCCCC. The maximum Gasteiger partial charge on any atom is 0.332 e. The van der Waals surface area contributed by atoms with Crippen molar-refractivity contribution < 1.29 is 87.6 Å². The van der Waals surface area contributed by atoms with Crippen molar-refractivity contribution in [3.63, 3.8) is 0 Å². The zero-order chi connectivity index (χ0) is 61.3. The molecule has 1 rings (SSSR count). The van der Waals surface area contributed by atoms with Crippen molar-refractivity contribution in [2.24, 2.45) is 0 Å². The minimum Gasteiger partial charge on any atom is -0.480 e. The number of esters is 3. The van der Waals surface area contributed by atoms with Gasteiger partial charge in [0, 0.05) is 65.2 Å². The summed E-state index contributed by atoms with van der Waals surface area (Å²) in [7, 11) is 0. The molecule has 1 aliphatic heterocycles. The highest BCUT2D eigenvalue weighted by molar-refractivity contribution is 5.78. The predicted molar refractivity (Wildman–Crippen MR) is 311 cm³/mol. The molecule has 0 bridgehead atoms. The van der Waals surface area contributed by atoms with E-state index in [1.807, 2.05) is 0 Å². The van der Waals surface area contributed by atoms with Gasteiger partial charge >= 0.3 is 47.8 Å². The van der Waals surface area contributed by atoms with E-state index in [-0.39, 0.29) is 78.4 Å². The molecule has 1 fully saturated rings. The summed E-state index contributed by atoms with van der Waals surface area (Å²) < 4.78 is 22.0. The number of nitrogens with zero attached hydrogens (tertiary/aromatic N) is 5. The van der Waals surface area contributed by atoms with Gasteiger partial charge < -0.3 is 49.8 Å². The number of carbonyl (C=O) groups is 9. The molecule has 1 heterocycles. The summed E-state index contributed by atoms with van der Waals surface area (Å²) in [6.07, 6.45) is 28.3. The molecule has 1 amide bonds. The lowest BCUT2D eigenvalue weighted by Gasteiger charge is -2.42. The van der Waals surface area contributed by atoms with Gasteiger partial charge in [0.05, 0.1) is 52.0 Å². The van der Waals surface area contributed by atoms with Crippen LogP contribution in [0.2, 0.25) is 0 Å². The molecule has 0 saturated carbocycles. The summed E-state index contributed by atoms with van der Waals surface area (Å²) in [4.78, 5) is 119. The minimum absolute atomic E-state index is 0.00170. The van der Waals surface area contributed by atoms with Gasteiger partial charge in [-0.1, -0.05) is 168 Å². The maximum absolute atomic E-state index is 13.6. The summed E-state index contributed by atoms with van der Waals surface area (Å²) in [6.45, 7) is -1.31. The lowest BCUT2D eigenvalue weighted by molar-refractivity contribution is -0.168. The number of carboxylic acid groups (broad SMARTS) is 5. The molecule has 480 valence electrons. The molecule has 83 heavy (non-hydrogen) atoms. The number of unbranched alkanes of at least 4 members (excludes halogenated alkanes) is 24. The highest BCUT2D eigenvalue weighted by Gasteiger charge is 2.33. The van der Waals surface area contributed by atoms with Crippen LogP contribution in [0.4, 0.5) is 0 Å². The molecule has 0 aromatic rings. The molecule has 1 aliphatic rings. The number of aliphatic carboxylic acids is 5. The molecule has 2 unspecified atom stereocenters. The standard InChI is InChI=1S/C59H106N6O18/c1-3-5-7-9-11-13-15-17-19-21-23-25-27-29-57(77)81-46-49(83-58(78)30-28-26-24-22-20-18-16-14-12-10-8-6-4-2)47-82-59(79)48-80-38-31-60-50(66)39-64-37-36-62(42-53(69)70)33-32-61(41-52(67)68)34-35-63(43-54(71)72)40-51(64)65(44-55(73)74)45-56(75)76/h49,51H,3-48H2,1-2H3,(H,60,66)(H,67,68)(H,69,70)(H,71,72)(H,73,74)(H,75,76). The number of carbonyl (C=O) groups excluding carboxylic acids is 4. The molecule has 1 saturated heterocycles. The maximum atomic E-state index is 13.6. The Bertz CT molecular complexity index is 1800. The van der Waals surface area contributed by atoms with Crippen molar-refractivity contribution in [3.8, 4) is 0 Å². The topological polar surface area (TPSA) is 320 Å². The van der Waals surface area contributed by atoms with Crippen molar-refractivity contribution in [1.82, 2.24) is 29.8 Å². The van der Waals surface area contributed by atoms with Gasteiger partial charge in [0.15, 0.2) is 6.10 Å². The number of hydrogen-bond acceptors (Lipinski definition) is 18. The van der Waals surface area contributed by atoms with Gasteiger partial charge in [0.25, 0.3) is 0 Å². The molecule has 0 spiro atoms. The van der Waals surface area contributed by atoms with Gasteiger partial charge in [-0.15, -0.1) is 0 Å². The van der Waals surface area contributed by atoms with Gasteiger partial charge in [-0.05, 0) is 12.8 Å². The average molecular weight is 1190 g/mol.